The first-order chi connectivity index (χ1) is 8.88. The molecule has 0 bridgehead atoms. The quantitative estimate of drug-likeness (QED) is 0.730. The third kappa shape index (κ3) is 6.65. The lowest BCUT2D eigenvalue weighted by Crippen LogP contribution is -2.30. The summed E-state index contributed by atoms with van der Waals surface area (Å²) in [6.07, 6.45) is 2.27. The van der Waals surface area contributed by atoms with Gasteiger partial charge in [-0.05, 0) is 48.9 Å². The van der Waals surface area contributed by atoms with Gasteiger partial charge in [0.2, 0.25) is 0 Å². The molecule has 0 amide bonds. The number of benzene rings is 1. The van der Waals surface area contributed by atoms with Gasteiger partial charge >= 0.3 is 0 Å². The zero-order chi connectivity index (χ0) is 14.4. The highest BCUT2D eigenvalue weighted by Crippen LogP contribution is 2.25. The average molecular weight is 302 g/mol. The molecule has 0 saturated heterocycles. The van der Waals surface area contributed by atoms with Crippen LogP contribution in [0.1, 0.15) is 39.7 Å². The zero-order valence-electron chi connectivity index (χ0n) is 12.3. The van der Waals surface area contributed by atoms with E-state index in [9.17, 15) is 0 Å². The highest BCUT2D eigenvalue weighted by Gasteiger charge is 2.13. The van der Waals surface area contributed by atoms with E-state index in [2.05, 4.69) is 39.1 Å². The molecular formula is C16H25Cl2N. The van der Waals surface area contributed by atoms with Crippen molar-refractivity contribution >= 4 is 23.2 Å². The maximum atomic E-state index is 6.08. The number of hydrogen-bond acceptors (Lipinski definition) is 1. The third-order valence-electron chi connectivity index (χ3n) is 3.13. The molecule has 0 heterocycles. The summed E-state index contributed by atoms with van der Waals surface area (Å²) in [7, 11) is 0. The Bertz CT molecular complexity index is 388. The molecule has 0 aliphatic rings. The van der Waals surface area contributed by atoms with Crippen molar-refractivity contribution in [2.24, 2.45) is 11.8 Å². The fourth-order valence-electron chi connectivity index (χ4n) is 2.31. The molecule has 1 unspecified atom stereocenters. The molecule has 3 heteroatoms. The summed E-state index contributed by atoms with van der Waals surface area (Å²) < 4.78 is 0. The van der Waals surface area contributed by atoms with E-state index in [1.165, 1.54) is 12.0 Å². The van der Waals surface area contributed by atoms with Crippen LogP contribution in [0.25, 0.3) is 0 Å². The van der Waals surface area contributed by atoms with Gasteiger partial charge in [0.05, 0.1) is 10.0 Å². The molecule has 0 aliphatic carbocycles. The van der Waals surface area contributed by atoms with Gasteiger partial charge in [-0.2, -0.15) is 0 Å². The molecule has 1 aromatic rings. The molecule has 1 atom stereocenters. The van der Waals surface area contributed by atoms with Crippen LogP contribution in [0, 0.1) is 11.8 Å². The Morgan fingerprint density at radius 1 is 1.05 bits per heavy atom. The van der Waals surface area contributed by atoms with E-state index in [-0.39, 0.29) is 0 Å². The van der Waals surface area contributed by atoms with Crippen molar-refractivity contribution in [3.63, 3.8) is 0 Å². The molecular weight excluding hydrogens is 277 g/mol. The molecule has 1 nitrogen and oxygen atoms in total. The van der Waals surface area contributed by atoms with Gasteiger partial charge in [-0.15, -0.1) is 0 Å². The van der Waals surface area contributed by atoms with E-state index >= 15 is 0 Å². The summed E-state index contributed by atoms with van der Waals surface area (Å²) in [5.74, 6) is 1.35. The fourth-order valence-corrected chi connectivity index (χ4v) is 2.63. The number of hydrogen-bond donors (Lipinski definition) is 1. The standard InChI is InChI=1S/C16H25Cl2N/c1-11(2)7-14(10-19-12(3)4)8-13-5-6-15(17)16(18)9-13/h5-6,9,11-12,14,19H,7-8,10H2,1-4H3. The smallest absolute Gasteiger partial charge is 0.0595 e. The minimum Gasteiger partial charge on any atom is -0.314 e. The first kappa shape index (κ1) is 16.8. The van der Waals surface area contributed by atoms with Crippen LogP contribution >= 0.6 is 23.2 Å². The second kappa shape index (κ2) is 8.14. The molecule has 1 N–H and O–H groups in total. The van der Waals surface area contributed by atoms with Crippen molar-refractivity contribution in [3.8, 4) is 0 Å². The Kier molecular flexibility index (Phi) is 7.20. The number of halogens is 2. The summed E-state index contributed by atoms with van der Waals surface area (Å²) in [5, 5.41) is 4.82. The van der Waals surface area contributed by atoms with Crippen LogP contribution in [0.15, 0.2) is 18.2 Å². The van der Waals surface area contributed by atoms with Crippen molar-refractivity contribution in [1.82, 2.24) is 5.32 Å². The molecule has 0 aliphatic heterocycles. The maximum absolute atomic E-state index is 6.08. The third-order valence-corrected chi connectivity index (χ3v) is 3.87. The lowest BCUT2D eigenvalue weighted by Gasteiger charge is -2.21. The fraction of sp³-hybridized carbons (Fsp3) is 0.625. The van der Waals surface area contributed by atoms with Gasteiger partial charge in [-0.1, -0.05) is 57.0 Å². The first-order valence-corrected chi connectivity index (χ1v) is 7.81. The largest absolute Gasteiger partial charge is 0.314 e. The van der Waals surface area contributed by atoms with Crippen LogP contribution < -0.4 is 5.32 Å². The van der Waals surface area contributed by atoms with E-state index in [0.29, 0.717) is 27.9 Å². The summed E-state index contributed by atoms with van der Waals surface area (Å²) in [4.78, 5) is 0. The van der Waals surface area contributed by atoms with Crippen molar-refractivity contribution in [1.29, 1.82) is 0 Å². The van der Waals surface area contributed by atoms with Crippen molar-refractivity contribution in [3.05, 3.63) is 33.8 Å². The Balaban J connectivity index is 2.66. The average Bonchev–Trinajstić information content (AvgIpc) is 2.30. The first-order valence-electron chi connectivity index (χ1n) is 7.05. The lowest BCUT2D eigenvalue weighted by atomic mass is 9.90. The molecule has 108 valence electrons. The SMILES string of the molecule is CC(C)CC(CNC(C)C)Cc1ccc(Cl)c(Cl)c1. The van der Waals surface area contributed by atoms with Crippen molar-refractivity contribution < 1.29 is 0 Å². The van der Waals surface area contributed by atoms with Crippen molar-refractivity contribution in [2.45, 2.75) is 46.6 Å². The number of nitrogens with one attached hydrogen (secondary N) is 1. The number of rotatable bonds is 7. The Morgan fingerprint density at radius 2 is 1.74 bits per heavy atom. The van der Waals surface area contributed by atoms with E-state index in [0.717, 1.165) is 13.0 Å². The molecule has 1 rings (SSSR count). The van der Waals surface area contributed by atoms with Crippen LogP contribution in [-0.4, -0.2) is 12.6 Å². The van der Waals surface area contributed by atoms with E-state index in [4.69, 9.17) is 23.2 Å². The van der Waals surface area contributed by atoms with Crippen LogP contribution in [0.5, 0.6) is 0 Å². The normalized spacial score (nSPS) is 13.3. The Labute approximate surface area is 127 Å². The van der Waals surface area contributed by atoms with E-state index in [1.54, 1.807) is 0 Å². The van der Waals surface area contributed by atoms with Gasteiger partial charge in [0.25, 0.3) is 0 Å². The van der Waals surface area contributed by atoms with Gasteiger partial charge in [0.15, 0.2) is 0 Å². The minimum atomic E-state index is 0.531. The van der Waals surface area contributed by atoms with Crippen molar-refractivity contribution in [2.75, 3.05) is 6.54 Å². The van der Waals surface area contributed by atoms with Gasteiger partial charge in [-0.3, -0.25) is 0 Å². The van der Waals surface area contributed by atoms with Gasteiger partial charge in [0, 0.05) is 6.04 Å². The van der Waals surface area contributed by atoms with Crippen LogP contribution in [-0.2, 0) is 6.42 Å². The Morgan fingerprint density at radius 3 is 2.26 bits per heavy atom. The van der Waals surface area contributed by atoms with Gasteiger partial charge in [0.1, 0.15) is 0 Å². The topological polar surface area (TPSA) is 12.0 Å². The molecule has 0 saturated carbocycles. The predicted octanol–water partition coefficient (Wildman–Crippen LogP) is 5.20. The van der Waals surface area contributed by atoms with E-state index < -0.39 is 0 Å². The minimum absolute atomic E-state index is 0.531. The van der Waals surface area contributed by atoms with Crippen LogP contribution in [0.2, 0.25) is 10.0 Å². The second-order valence-electron chi connectivity index (χ2n) is 6.01. The van der Waals surface area contributed by atoms with Crippen LogP contribution in [0.4, 0.5) is 0 Å². The zero-order valence-corrected chi connectivity index (χ0v) is 13.9. The molecule has 19 heavy (non-hydrogen) atoms. The molecule has 0 fully saturated rings. The molecule has 1 aromatic carbocycles. The lowest BCUT2D eigenvalue weighted by molar-refractivity contribution is 0.373. The summed E-state index contributed by atoms with van der Waals surface area (Å²) in [6.45, 7) is 9.97. The summed E-state index contributed by atoms with van der Waals surface area (Å²) in [6, 6.07) is 6.49. The molecule has 0 aromatic heterocycles. The monoisotopic (exact) mass is 301 g/mol. The summed E-state index contributed by atoms with van der Waals surface area (Å²) in [5.41, 5.74) is 1.27. The summed E-state index contributed by atoms with van der Waals surface area (Å²) >= 11 is 12.0. The second-order valence-corrected chi connectivity index (χ2v) is 6.83. The Hall–Kier alpha value is -0.240. The van der Waals surface area contributed by atoms with Crippen LogP contribution in [0.3, 0.4) is 0 Å². The van der Waals surface area contributed by atoms with Gasteiger partial charge in [-0.25, -0.2) is 0 Å². The van der Waals surface area contributed by atoms with Gasteiger partial charge < -0.3 is 5.32 Å². The molecule has 0 radical (unpaired) electrons. The highest BCUT2D eigenvalue weighted by atomic mass is 35.5. The predicted molar refractivity (Wildman–Crippen MR) is 86.2 cm³/mol. The van der Waals surface area contributed by atoms with E-state index in [1.807, 2.05) is 12.1 Å². The highest BCUT2D eigenvalue weighted by molar-refractivity contribution is 6.42. The molecule has 0 spiro atoms. The maximum Gasteiger partial charge on any atom is 0.0595 e.